The van der Waals surface area contributed by atoms with E-state index >= 15 is 0 Å². The van der Waals surface area contributed by atoms with Crippen LogP contribution in [0.2, 0.25) is 0 Å². The fourth-order valence-corrected chi connectivity index (χ4v) is 4.57. The van der Waals surface area contributed by atoms with Gasteiger partial charge in [-0.15, -0.1) is 0 Å². The average molecular weight is 484 g/mol. The fraction of sp³-hybridized carbons (Fsp3) is 0.455. The van der Waals surface area contributed by atoms with Crippen molar-refractivity contribution >= 4 is 31.9 Å². The van der Waals surface area contributed by atoms with E-state index in [1.54, 1.807) is 0 Å². The first-order valence-corrected chi connectivity index (χ1v) is 10.3. The third kappa shape index (κ3) is 3.68. The zero-order valence-corrected chi connectivity index (χ0v) is 20.0. The molecule has 2 N–H and O–H groups in total. The predicted molar refractivity (Wildman–Crippen MR) is 117 cm³/mol. The minimum atomic E-state index is -0.225. The lowest BCUT2D eigenvalue weighted by Crippen LogP contribution is -2.15. The van der Waals surface area contributed by atoms with Crippen LogP contribution < -0.4 is 0 Å². The molecular weight excluding hydrogens is 456 g/mol. The van der Waals surface area contributed by atoms with E-state index < -0.39 is 0 Å². The van der Waals surface area contributed by atoms with Crippen molar-refractivity contribution in [2.45, 2.75) is 66.2 Å². The highest BCUT2D eigenvalue weighted by molar-refractivity contribution is 9.10. The van der Waals surface area contributed by atoms with Gasteiger partial charge in [0.1, 0.15) is 11.5 Å². The molecule has 0 aliphatic heterocycles. The molecule has 0 unspecified atom stereocenters. The van der Waals surface area contributed by atoms with Gasteiger partial charge in [0.25, 0.3) is 0 Å². The predicted octanol–water partition coefficient (Wildman–Crippen LogP) is 7.50. The summed E-state index contributed by atoms with van der Waals surface area (Å²) in [7, 11) is 0. The highest BCUT2D eigenvalue weighted by Gasteiger charge is 2.29. The molecule has 0 saturated carbocycles. The molecule has 0 bridgehead atoms. The summed E-state index contributed by atoms with van der Waals surface area (Å²) < 4.78 is 1.84. The van der Waals surface area contributed by atoms with Gasteiger partial charge in [-0.1, -0.05) is 73.4 Å². The van der Waals surface area contributed by atoms with Crippen LogP contribution in [-0.2, 0) is 10.8 Å². The van der Waals surface area contributed by atoms with Crippen molar-refractivity contribution in [2.24, 2.45) is 0 Å². The molecule has 0 spiro atoms. The zero-order valence-electron chi connectivity index (χ0n) is 16.8. The first kappa shape index (κ1) is 21.3. The van der Waals surface area contributed by atoms with Gasteiger partial charge in [-0.25, -0.2) is 0 Å². The lowest BCUT2D eigenvalue weighted by molar-refractivity contribution is 0.439. The molecule has 0 fully saturated rings. The van der Waals surface area contributed by atoms with Crippen molar-refractivity contribution in [2.75, 3.05) is 0 Å². The van der Waals surface area contributed by atoms with Crippen LogP contribution in [0.25, 0.3) is 11.1 Å². The van der Waals surface area contributed by atoms with E-state index in [-0.39, 0.29) is 22.3 Å². The van der Waals surface area contributed by atoms with Gasteiger partial charge in [0.05, 0.1) is 0 Å². The summed E-state index contributed by atoms with van der Waals surface area (Å²) >= 11 is 7.26. The molecule has 0 atom stereocenters. The molecule has 0 saturated heterocycles. The van der Waals surface area contributed by atoms with E-state index in [9.17, 15) is 10.2 Å². The number of hydrogen-bond donors (Lipinski definition) is 2. The van der Waals surface area contributed by atoms with Gasteiger partial charge in [0.2, 0.25) is 0 Å². The minimum absolute atomic E-state index is 0.225. The van der Waals surface area contributed by atoms with Crippen LogP contribution in [0.5, 0.6) is 11.5 Å². The Kier molecular flexibility index (Phi) is 5.63. The minimum Gasteiger partial charge on any atom is -0.507 e. The standard InChI is InChI=1S/C22H28Br2O2/c1-11-15(23)9-13(19(25)17(11)21(3,4)5)14-10-16(24)12(2)18(20(14)26)22(6,7)8/h9-10,25-26H,1-8H3. The Hall–Kier alpha value is -1.00. The summed E-state index contributed by atoms with van der Waals surface area (Å²) in [5.41, 5.74) is 4.62. The molecular formula is C22H28Br2O2. The van der Waals surface area contributed by atoms with Crippen molar-refractivity contribution in [1.29, 1.82) is 0 Å². The molecule has 2 aromatic carbocycles. The molecule has 0 aliphatic carbocycles. The van der Waals surface area contributed by atoms with Gasteiger partial charge < -0.3 is 10.2 Å². The van der Waals surface area contributed by atoms with Crippen LogP contribution in [0.3, 0.4) is 0 Å². The van der Waals surface area contributed by atoms with E-state index in [4.69, 9.17) is 0 Å². The van der Waals surface area contributed by atoms with E-state index in [1.807, 2.05) is 26.0 Å². The fourth-order valence-electron chi connectivity index (χ4n) is 3.72. The maximum absolute atomic E-state index is 11.1. The summed E-state index contributed by atoms with van der Waals surface area (Å²) in [6.45, 7) is 16.5. The van der Waals surface area contributed by atoms with Crippen LogP contribution in [0.1, 0.15) is 63.8 Å². The number of phenolic OH excluding ortho intramolecular Hbond substituents is 2. The smallest absolute Gasteiger partial charge is 0.127 e. The van der Waals surface area contributed by atoms with E-state index in [1.165, 1.54) is 0 Å². The van der Waals surface area contributed by atoms with Gasteiger partial charge in [0.15, 0.2) is 0 Å². The third-order valence-electron chi connectivity index (χ3n) is 4.78. The summed E-state index contributed by atoms with van der Waals surface area (Å²) in [6.07, 6.45) is 0. The van der Waals surface area contributed by atoms with Gasteiger partial charge in [0, 0.05) is 31.2 Å². The monoisotopic (exact) mass is 482 g/mol. The molecule has 142 valence electrons. The largest absolute Gasteiger partial charge is 0.507 e. The van der Waals surface area contributed by atoms with Crippen molar-refractivity contribution in [3.05, 3.63) is 43.3 Å². The molecule has 2 nitrogen and oxygen atoms in total. The molecule has 0 radical (unpaired) electrons. The topological polar surface area (TPSA) is 40.5 Å². The summed E-state index contributed by atoms with van der Waals surface area (Å²) in [5, 5.41) is 22.2. The Labute approximate surface area is 173 Å². The normalized spacial score (nSPS) is 12.5. The van der Waals surface area contributed by atoms with Crippen LogP contribution >= 0.6 is 31.9 Å². The molecule has 0 amide bonds. The molecule has 4 heteroatoms. The molecule has 0 heterocycles. The lowest BCUT2D eigenvalue weighted by Gasteiger charge is -2.28. The highest BCUT2D eigenvalue weighted by Crippen LogP contribution is 2.49. The highest BCUT2D eigenvalue weighted by atomic mass is 79.9. The van der Waals surface area contributed by atoms with E-state index in [0.29, 0.717) is 11.1 Å². The van der Waals surface area contributed by atoms with Gasteiger partial charge in [-0.3, -0.25) is 0 Å². The van der Waals surface area contributed by atoms with Crippen LogP contribution in [0, 0.1) is 13.8 Å². The molecule has 2 rings (SSSR count). The van der Waals surface area contributed by atoms with Gasteiger partial charge >= 0.3 is 0 Å². The van der Waals surface area contributed by atoms with E-state index in [2.05, 4.69) is 73.4 Å². The number of benzene rings is 2. The van der Waals surface area contributed by atoms with Crippen LogP contribution in [0.4, 0.5) is 0 Å². The van der Waals surface area contributed by atoms with E-state index in [0.717, 1.165) is 31.2 Å². The number of hydrogen-bond acceptors (Lipinski definition) is 2. The first-order valence-electron chi connectivity index (χ1n) is 8.73. The van der Waals surface area contributed by atoms with Crippen molar-refractivity contribution < 1.29 is 10.2 Å². The Bertz CT molecular complexity index is 796. The summed E-state index contributed by atoms with van der Waals surface area (Å²) in [5.74, 6) is 0.452. The average Bonchev–Trinajstić information content (AvgIpc) is 2.44. The van der Waals surface area contributed by atoms with Crippen molar-refractivity contribution in [3.63, 3.8) is 0 Å². The molecule has 2 aromatic rings. The summed E-state index contributed by atoms with van der Waals surface area (Å²) in [4.78, 5) is 0. The van der Waals surface area contributed by atoms with Gasteiger partial charge in [-0.05, 0) is 47.9 Å². The second-order valence-electron chi connectivity index (χ2n) is 9.01. The zero-order chi connectivity index (χ0) is 20.2. The maximum Gasteiger partial charge on any atom is 0.127 e. The Morgan fingerprint density at radius 2 is 0.923 bits per heavy atom. The Morgan fingerprint density at radius 3 is 1.15 bits per heavy atom. The first-order chi connectivity index (χ1) is 11.7. The number of phenols is 2. The van der Waals surface area contributed by atoms with Gasteiger partial charge in [-0.2, -0.15) is 0 Å². The number of rotatable bonds is 1. The number of aromatic hydroxyl groups is 2. The van der Waals surface area contributed by atoms with Crippen LogP contribution in [0.15, 0.2) is 21.1 Å². The van der Waals surface area contributed by atoms with Crippen LogP contribution in [-0.4, -0.2) is 10.2 Å². The van der Waals surface area contributed by atoms with Crippen molar-refractivity contribution in [3.8, 4) is 22.6 Å². The SMILES string of the molecule is Cc1c(Br)cc(-c2cc(Br)c(C)c(C(C)(C)C)c2O)c(O)c1C(C)(C)C. The maximum atomic E-state index is 11.1. The number of halogens is 2. The lowest BCUT2D eigenvalue weighted by atomic mass is 9.79. The molecule has 0 aromatic heterocycles. The Morgan fingerprint density at radius 1 is 0.654 bits per heavy atom. The summed E-state index contributed by atoms with van der Waals surface area (Å²) in [6, 6.07) is 3.78. The Balaban J connectivity index is 2.95. The second kappa shape index (κ2) is 6.87. The molecule has 0 aliphatic rings. The quantitative estimate of drug-likeness (QED) is 0.440. The second-order valence-corrected chi connectivity index (χ2v) is 10.7. The molecule has 26 heavy (non-hydrogen) atoms. The third-order valence-corrected chi connectivity index (χ3v) is 6.43. The van der Waals surface area contributed by atoms with Crippen molar-refractivity contribution in [1.82, 2.24) is 0 Å².